The van der Waals surface area contributed by atoms with Crippen LogP contribution >= 0.6 is 30.3 Å². The third-order valence-corrected chi connectivity index (χ3v) is 10.7. The van der Waals surface area contributed by atoms with Gasteiger partial charge in [0.05, 0.1) is 20.3 Å². The molecule has 1 aliphatic heterocycles. The van der Waals surface area contributed by atoms with Gasteiger partial charge in [-0.1, -0.05) is 50.2 Å². The molecule has 1 saturated heterocycles. The summed E-state index contributed by atoms with van der Waals surface area (Å²) in [6.07, 6.45) is -1.99. The predicted molar refractivity (Wildman–Crippen MR) is 183 cm³/mol. The van der Waals surface area contributed by atoms with Crippen molar-refractivity contribution in [1.82, 2.24) is 24.6 Å². The summed E-state index contributed by atoms with van der Waals surface area (Å²) in [5.41, 5.74) is 4.48. The highest BCUT2D eigenvalue weighted by Gasteiger charge is 2.55. The van der Waals surface area contributed by atoms with Gasteiger partial charge in [0.1, 0.15) is 29.6 Å². The summed E-state index contributed by atoms with van der Waals surface area (Å²) in [4.78, 5) is 26.0. The number of esters is 1. The Morgan fingerprint density at radius 1 is 1.19 bits per heavy atom. The van der Waals surface area contributed by atoms with E-state index in [9.17, 15) is 19.6 Å². The largest absolute Gasteiger partial charge is 0.479 e. The topological polar surface area (TPSA) is 202 Å². The van der Waals surface area contributed by atoms with Crippen molar-refractivity contribution in [2.45, 2.75) is 63.7 Å². The lowest BCUT2D eigenvalue weighted by Crippen LogP contribution is -2.45. The molecule has 1 saturated carbocycles. The summed E-state index contributed by atoms with van der Waals surface area (Å²) in [7, 11) is -2.99. The van der Waals surface area contributed by atoms with Crippen molar-refractivity contribution in [3.05, 3.63) is 46.3 Å². The number of nitrogens with zero attached hydrogens (tertiary/aromatic N) is 4. The van der Waals surface area contributed by atoms with Crippen molar-refractivity contribution in [1.29, 1.82) is 0 Å². The molecule has 48 heavy (non-hydrogen) atoms. The number of aliphatic hydroxyl groups is 2. The fraction of sp³-hybridized carbons (Fsp3) is 0.484. The molecule has 2 aromatic heterocycles. The van der Waals surface area contributed by atoms with Gasteiger partial charge in [-0.05, 0) is 43.1 Å². The number of carbonyl (C=O) groups is 1. The minimum absolute atomic E-state index is 0.0945. The highest BCUT2D eigenvalue weighted by molar-refractivity contribution is 14.1. The molecule has 17 heteroatoms. The van der Waals surface area contributed by atoms with Crippen molar-refractivity contribution >= 4 is 64.2 Å². The number of fused-ring (bicyclic) bond motifs is 2. The lowest BCUT2D eigenvalue weighted by Gasteiger charge is -2.28. The standard InChI is InChI=1S/C31H38IN6O9P/c1-16(2)22(27(40)44-14-17-12-13-17)37-48(42,47-20-11-7-9-18-8-5-6-10-19(18)20)45-15-21-24(39)31(3,41)28(46-21)38-25-23(34-29(38)32)26(43-4)36-30(33)35-25/h5-11,16-17,21-22,24,28,39,41H,12-15H2,1-4H3,(H,37,42)(H2,33,35,36)/t21-,22+,24-,28-,31-,48?/m1/s1. The van der Waals surface area contributed by atoms with Crippen molar-refractivity contribution < 1.29 is 42.8 Å². The van der Waals surface area contributed by atoms with Crippen LogP contribution in [0.2, 0.25) is 0 Å². The number of nitrogens with two attached hydrogens (primary N) is 1. The molecular weight excluding hydrogens is 758 g/mol. The Morgan fingerprint density at radius 3 is 2.62 bits per heavy atom. The molecule has 2 fully saturated rings. The smallest absolute Gasteiger partial charge is 0.459 e. The van der Waals surface area contributed by atoms with Gasteiger partial charge >= 0.3 is 13.7 Å². The number of aliphatic hydroxyl groups excluding tert-OH is 1. The lowest BCUT2D eigenvalue weighted by atomic mass is 9.96. The molecule has 258 valence electrons. The van der Waals surface area contributed by atoms with E-state index in [0.29, 0.717) is 15.1 Å². The third-order valence-electron chi connectivity index (χ3n) is 8.42. The minimum atomic E-state index is -4.41. The average molecular weight is 797 g/mol. The summed E-state index contributed by atoms with van der Waals surface area (Å²) >= 11 is 1.94. The molecule has 0 amide bonds. The number of benzene rings is 2. The second kappa shape index (κ2) is 13.7. The first-order chi connectivity index (χ1) is 22.8. The number of hydrogen-bond donors (Lipinski definition) is 4. The number of imidazole rings is 1. The molecule has 6 atom stereocenters. The molecule has 0 radical (unpaired) electrons. The number of halogens is 1. The molecule has 5 N–H and O–H groups in total. The number of methoxy groups -OCH3 is 1. The van der Waals surface area contributed by atoms with Gasteiger partial charge < -0.3 is 34.7 Å². The van der Waals surface area contributed by atoms with Crippen LogP contribution in [0.3, 0.4) is 0 Å². The zero-order chi connectivity index (χ0) is 34.4. The van der Waals surface area contributed by atoms with Gasteiger partial charge in [-0.25, -0.2) is 9.55 Å². The van der Waals surface area contributed by atoms with Gasteiger partial charge in [0.15, 0.2) is 21.2 Å². The summed E-state index contributed by atoms with van der Waals surface area (Å²) in [5, 5.41) is 27.2. The first kappa shape index (κ1) is 34.7. The van der Waals surface area contributed by atoms with E-state index >= 15 is 0 Å². The van der Waals surface area contributed by atoms with E-state index in [0.717, 1.165) is 18.2 Å². The second-order valence-corrected chi connectivity index (χ2v) is 15.2. The summed E-state index contributed by atoms with van der Waals surface area (Å²) in [6, 6.07) is 11.6. The number of anilines is 1. The number of carbonyl (C=O) groups excluding carboxylic acids is 1. The fourth-order valence-corrected chi connectivity index (χ4v) is 7.93. The van der Waals surface area contributed by atoms with Gasteiger partial charge in [0, 0.05) is 28.0 Å². The molecule has 2 aliphatic rings. The molecule has 2 aromatic carbocycles. The molecule has 4 aromatic rings. The highest BCUT2D eigenvalue weighted by Crippen LogP contribution is 2.49. The summed E-state index contributed by atoms with van der Waals surface area (Å²) in [6.45, 7) is 4.73. The maximum atomic E-state index is 14.6. The molecule has 15 nitrogen and oxygen atoms in total. The van der Waals surface area contributed by atoms with Gasteiger partial charge in [-0.2, -0.15) is 15.1 Å². The van der Waals surface area contributed by atoms with Crippen LogP contribution in [0.25, 0.3) is 21.9 Å². The van der Waals surface area contributed by atoms with Gasteiger partial charge in [0.2, 0.25) is 11.8 Å². The van der Waals surface area contributed by atoms with Crippen LogP contribution in [0.1, 0.15) is 39.8 Å². The van der Waals surface area contributed by atoms with E-state index in [4.69, 9.17) is 29.0 Å². The van der Waals surface area contributed by atoms with E-state index in [2.05, 4.69) is 20.0 Å². The number of hydrogen-bond acceptors (Lipinski definition) is 13. The van der Waals surface area contributed by atoms with Crippen molar-refractivity contribution in [2.24, 2.45) is 11.8 Å². The minimum Gasteiger partial charge on any atom is -0.479 e. The first-order valence-electron chi connectivity index (χ1n) is 15.5. The predicted octanol–water partition coefficient (Wildman–Crippen LogP) is 3.96. The molecule has 6 rings (SSSR count). The van der Waals surface area contributed by atoms with Crippen LogP contribution < -0.4 is 20.1 Å². The summed E-state index contributed by atoms with van der Waals surface area (Å²) in [5.74, 6) is -0.325. The maximum Gasteiger partial charge on any atom is 0.459 e. The van der Waals surface area contributed by atoms with E-state index in [1.165, 1.54) is 18.6 Å². The Labute approximate surface area is 290 Å². The molecule has 0 bridgehead atoms. The number of rotatable bonds is 13. The number of nitrogens with one attached hydrogen (secondary N) is 1. The monoisotopic (exact) mass is 796 g/mol. The Bertz CT molecular complexity index is 1860. The van der Waals surface area contributed by atoms with Crippen LogP contribution in [-0.4, -0.2) is 79.9 Å². The zero-order valence-electron chi connectivity index (χ0n) is 26.8. The van der Waals surface area contributed by atoms with Crippen molar-refractivity contribution in [2.75, 3.05) is 26.1 Å². The maximum absolute atomic E-state index is 14.6. The van der Waals surface area contributed by atoms with Crippen LogP contribution in [0.5, 0.6) is 11.6 Å². The Kier molecular flexibility index (Phi) is 9.88. The summed E-state index contributed by atoms with van der Waals surface area (Å²) < 4.78 is 45.5. The molecule has 1 aliphatic carbocycles. The third kappa shape index (κ3) is 6.97. The molecular formula is C31H38IN6O9P. The second-order valence-electron chi connectivity index (χ2n) is 12.5. The number of aromatic nitrogens is 4. The Hall–Kier alpha value is -3.12. The molecule has 3 heterocycles. The van der Waals surface area contributed by atoms with Crippen molar-refractivity contribution in [3.8, 4) is 11.6 Å². The fourth-order valence-electron chi connectivity index (χ4n) is 5.53. The van der Waals surface area contributed by atoms with E-state index in [-0.39, 0.29) is 41.3 Å². The SMILES string of the molecule is COc1nc(N)nc2c1nc(I)n2[C@@H]1O[C@H](COP(=O)(N[C@H](C(=O)OCC2CC2)C(C)C)Oc2cccc3ccccc23)[C@@H](O)[C@@]1(C)O. The zero-order valence-corrected chi connectivity index (χ0v) is 29.8. The number of nitrogen functional groups attached to an aromatic ring is 1. The Morgan fingerprint density at radius 2 is 1.92 bits per heavy atom. The van der Waals surface area contributed by atoms with E-state index in [1.54, 1.807) is 26.0 Å². The first-order valence-corrected chi connectivity index (χ1v) is 18.1. The molecule has 0 spiro atoms. The van der Waals surface area contributed by atoms with E-state index < -0.39 is 50.4 Å². The van der Waals surface area contributed by atoms with Crippen molar-refractivity contribution in [3.63, 3.8) is 0 Å². The normalized spacial score (nSPS) is 24.5. The number of ether oxygens (including phenoxy) is 3. The van der Waals surface area contributed by atoms with E-state index in [1.807, 2.05) is 52.9 Å². The lowest BCUT2D eigenvalue weighted by molar-refractivity contribution is -0.147. The van der Waals surface area contributed by atoms with Crippen LogP contribution in [0, 0.1) is 15.7 Å². The van der Waals surface area contributed by atoms with Gasteiger partial charge in [-0.15, -0.1) is 0 Å². The van der Waals surface area contributed by atoms with Crippen LogP contribution in [0.4, 0.5) is 5.95 Å². The van der Waals surface area contributed by atoms with Gasteiger partial charge in [-0.3, -0.25) is 13.9 Å². The van der Waals surface area contributed by atoms with Crippen LogP contribution in [0.15, 0.2) is 42.5 Å². The van der Waals surface area contributed by atoms with Crippen LogP contribution in [-0.2, 0) is 23.4 Å². The van der Waals surface area contributed by atoms with Gasteiger partial charge in [0.25, 0.3) is 0 Å². The quantitative estimate of drug-likeness (QED) is 0.0656. The Balaban J connectivity index is 1.29. The average Bonchev–Trinajstić information content (AvgIpc) is 3.79. The highest BCUT2D eigenvalue weighted by atomic mass is 127. The molecule has 1 unspecified atom stereocenters.